The molecule has 1 aromatic carbocycles. The van der Waals surface area contributed by atoms with Crippen LogP contribution in [0, 0.1) is 6.92 Å². The van der Waals surface area contributed by atoms with Gasteiger partial charge in [-0.2, -0.15) is 0 Å². The van der Waals surface area contributed by atoms with Crippen molar-refractivity contribution < 1.29 is 14.3 Å². The number of aryl methyl sites for hydroxylation is 1. The Labute approximate surface area is 125 Å². The zero-order valence-corrected chi connectivity index (χ0v) is 13.2. The molecule has 0 radical (unpaired) electrons. The molecule has 0 aliphatic heterocycles. The largest absolute Gasteiger partial charge is 0.465 e. The van der Waals surface area contributed by atoms with E-state index in [1.54, 1.807) is 18.0 Å². The maximum Gasteiger partial charge on any atom is 0.340 e. The molecule has 0 unspecified atom stereocenters. The highest BCUT2D eigenvalue weighted by Crippen LogP contribution is 2.25. The summed E-state index contributed by atoms with van der Waals surface area (Å²) >= 11 is 0. The van der Waals surface area contributed by atoms with E-state index in [2.05, 4.69) is 5.32 Å². The van der Waals surface area contributed by atoms with Gasteiger partial charge in [-0.1, -0.05) is 0 Å². The Balaban J connectivity index is 3.00. The van der Waals surface area contributed by atoms with Gasteiger partial charge in [0.25, 0.3) is 0 Å². The molecule has 0 saturated heterocycles. The number of amides is 1. The molecule has 1 amide bonds. The van der Waals surface area contributed by atoms with Crippen LogP contribution in [0.15, 0.2) is 12.1 Å². The second-order valence-corrected chi connectivity index (χ2v) is 5.29. The smallest absolute Gasteiger partial charge is 0.340 e. The number of hydrogen-bond donors (Lipinski definition) is 2. The second-order valence-electron chi connectivity index (χ2n) is 5.29. The standard InChI is InChI=1S/C15H23N3O3/c1-9(2)17-13(19)8-18(4)11-6-10(3)14(16)12(7-11)15(20)21-5/h6-7,9H,8,16H2,1-5H3,(H,17,19). The summed E-state index contributed by atoms with van der Waals surface area (Å²) < 4.78 is 4.72. The minimum atomic E-state index is -0.488. The molecule has 0 heterocycles. The van der Waals surface area contributed by atoms with E-state index in [4.69, 9.17) is 10.5 Å². The molecular weight excluding hydrogens is 270 g/mol. The molecule has 0 bridgehead atoms. The van der Waals surface area contributed by atoms with E-state index in [1.807, 2.05) is 26.8 Å². The molecule has 1 rings (SSSR count). The van der Waals surface area contributed by atoms with Crippen molar-refractivity contribution >= 4 is 23.3 Å². The molecule has 21 heavy (non-hydrogen) atoms. The fraction of sp³-hybridized carbons (Fsp3) is 0.467. The number of benzene rings is 1. The van der Waals surface area contributed by atoms with Gasteiger partial charge in [0.2, 0.25) is 5.91 Å². The number of nitrogens with zero attached hydrogens (tertiary/aromatic N) is 1. The van der Waals surface area contributed by atoms with Gasteiger partial charge in [-0.25, -0.2) is 4.79 Å². The molecule has 0 atom stereocenters. The molecule has 0 saturated carbocycles. The van der Waals surface area contributed by atoms with Crippen LogP contribution in [0.25, 0.3) is 0 Å². The molecule has 0 fully saturated rings. The minimum absolute atomic E-state index is 0.0819. The normalized spacial score (nSPS) is 10.4. The Morgan fingerprint density at radius 1 is 1.38 bits per heavy atom. The summed E-state index contributed by atoms with van der Waals surface area (Å²) in [5.74, 6) is -0.570. The van der Waals surface area contributed by atoms with Crippen LogP contribution in [-0.2, 0) is 9.53 Å². The van der Waals surface area contributed by atoms with Gasteiger partial charge in [0.15, 0.2) is 0 Å². The van der Waals surface area contributed by atoms with E-state index in [1.165, 1.54) is 7.11 Å². The molecule has 3 N–H and O–H groups in total. The van der Waals surface area contributed by atoms with Crippen molar-refractivity contribution in [3.63, 3.8) is 0 Å². The van der Waals surface area contributed by atoms with E-state index in [-0.39, 0.29) is 18.5 Å². The van der Waals surface area contributed by atoms with Crippen LogP contribution in [0.1, 0.15) is 29.8 Å². The summed E-state index contributed by atoms with van der Waals surface area (Å²) in [5, 5.41) is 2.82. The molecule has 0 aromatic heterocycles. The lowest BCUT2D eigenvalue weighted by Gasteiger charge is -2.21. The third kappa shape index (κ3) is 4.37. The first-order valence-corrected chi connectivity index (χ1v) is 6.75. The number of anilines is 2. The number of hydrogen-bond acceptors (Lipinski definition) is 5. The van der Waals surface area contributed by atoms with Gasteiger partial charge < -0.3 is 20.7 Å². The lowest BCUT2D eigenvalue weighted by atomic mass is 10.1. The number of nitrogens with two attached hydrogens (primary N) is 1. The number of nitrogen functional groups attached to an aromatic ring is 1. The summed E-state index contributed by atoms with van der Waals surface area (Å²) in [7, 11) is 3.09. The molecule has 0 aliphatic rings. The quantitative estimate of drug-likeness (QED) is 0.632. The van der Waals surface area contributed by atoms with Crippen molar-refractivity contribution in [1.82, 2.24) is 5.32 Å². The molecule has 6 heteroatoms. The van der Waals surface area contributed by atoms with E-state index in [9.17, 15) is 9.59 Å². The van der Waals surface area contributed by atoms with Gasteiger partial charge in [-0.05, 0) is 38.5 Å². The summed E-state index contributed by atoms with van der Waals surface area (Å²) in [6.45, 7) is 5.82. The van der Waals surface area contributed by atoms with Crippen molar-refractivity contribution in [1.29, 1.82) is 0 Å². The maximum atomic E-state index is 11.8. The number of nitrogens with one attached hydrogen (secondary N) is 1. The van der Waals surface area contributed by atoms with Crippen molar-refractivity contribution in [2.24, 2.45) is 0 Å². The first-order valence-electron chi connectivity index (χ1n) is 6.75. The first kappa shape index (κ1) is 16.8. The number of methoxy groups -OCH3 is 1. The average Bonchev–Trinajstić information content (AvgIpc) is 2.39. The molecular formula is C15H23N3O3. The fourth-order valence-corrected chi connectivity index (χ4v) is 1.95. The van der Waals surface area contributed by atoms with E-state index >= 15 is 0 Å². The number of ether oxygens (including phenoxy) is 1. The average molecular weight is 293 g/mol. The summed E-state index contributed by atoms with van der Waals surface area (Å²) in [5.41, 5.74) is 8.10. The lowest BCUT2D eigenvalue weighted by molar-refractivity contribution is -0.120. The van der Waals surface area contributed by atoms with E-state index in [0.717, 1.165) is 11.3 Å². The Hall–Kier alpha value is -2.24. The predicted molar refractivity (Wildman–Crippen MR) is 83.5 cm³/mol. The Kier molecular flexibility index (Phi) is 5.58. The number of rotatable bonds is 5. The molecule has 6 nitrogen and oxygen atoms in total. The Bertz CT molecular complexity index is 541. The topological polar surface area (TPSA) is 84.7 Å². The number of carbonyl (C=O) groups excluding carboxylic acids is 2. The van der Waals surface area contributed by atoms with Crippen LogP contribution >= 0.6 is 0 Å². The number of esters is 1. The molecule has 0 spiro atoms. The van der Waals surface area contributed by atoms with Crippen LogP contribution in [0.3, 0.4) is 0 Å². The third-order valence-corrected chi connectivity index (χ3v) is 3.05. The highest BCUT2D eigenvalue weighted by molar-refractivity contribution is 5.97. The van der Waals surface area contributed by atoms with Gasteiger partial charge in [0, 0.05) is 24.5 Å². The molecule has 0 aliphatic carbocycles. The van der Waals surface area contributed by atoms with E-state index < -0.39 is 5.97 Å². The summed E-state index contributed by atoms with van der Waals surface area (Å²) in [6.07, 6.45) is 0. The second kappa shape index (κ2) is 6.97. The molecule has 1 aromatic rings. The van der Waals surface area contributed by atoms with Crippen LogP contribution in [-0.4, -0.2) is 38.6 Å². The lowest BCUT2D eigenvalue weighted by Crippen LogP contribution is -2.38. The van der Waals surface area contributed by atoms with Crippen LogP contribution in [0.2, 0.25) is 0 Å². The number of likely N-dealkylation sites (N-methyl/N-ethyl adjacent to an activating group) is 1. The summed E-state index contributed by atoms with van der Waals surface area (Å²) in [6, 6.07) is 3.56. The fourth-order valence-electron chi connectivity index (χ4n) is 1.95. The highest BCUT2D eigenvalue weighted by atomic mass is 16.5. The third-order valence-electron chi connectivity index (χ3n) is 3.05. The van der Waals surface area contributed by atoms with Crippen molar-refractivity contribution in [2.45, 2.75) is 26.8 Å². The Morgan fingerprint density at radius 2 is 2.00 bits per heavy atom. The SMILES string of the molecule is COC(=O)c1cc(N(C)CC(=O)NC(C)C)cc(C)c1N. The van der Waals surface area contributed by atoms with Crippen LogP contribution < -0.4 is 16.0 Å². The zero-order chi connectivity index (χ0) is 16.2. The van der Waals surface area contributed by atoms with Gasteiger partial charge in [-0.15, -0.1) is 0 Å². The zero-order valence-electron chi connectivity index (χ0n) is 13.2. The van der Waals surface area contributed by atoms with Crippen molar-refractivity contribution in [3.05, 3.63) is 23.3 Å². The summed E-state index contributed by atoms with van der Waals surface area (Å²) in [4.78, 5) is 25.3. The van der Waals surface area contributed by atoms with Gasteiger partial charge in [0.05, 0.1) is 19.2 Å². The monoisotopic (exact) mass is 293 g/mol. The predicted octanol–water partition coefficient (Wildman–Crippen LogP) is 1.32. The maximum absolute atomic E-state index is 11.8. The minimum Gasteiger partial charge on any atom is -0.465 e. The van der Waals surface area contributed by atoms with Gasteiger partial charge in [0.1, 0.15) is 0 Å². The van der Waals surface area contributed by atoms with Crippen LogP contribution in [0.4, 0.5) is 11.4 Å². The molecule has 116 valence electrons. The van der Waals surface area contributed by atoms with Gasteiger partial charge in [-0.3, -0.25) is 4.79 Å². The highest BCUT2D eigenvalue weighted by Gasteiger charge is 2.16. The first-order chi connectivity index (χ1) is 9.76. The Morgan fingerprint density at radius 3 is 2.52 bits per heavy atom. The van der Waals surface area contributed by atoms with Crippen molar-refractivity contribution in [3.8, 4) is 0 Å². The number of carbonyl (C=O) groups is 2. The van der Waals surface area contributed by atoms with Gasteiger partial charge >= 0.3 is 5.97 Å². The van der Waals surface area contributed by atoms with Crippen molar-refractivity contribution in [2.75, 3.05) is 31.3 Å². The van der Waals surface area contributed by atoms with E-state index in [0.29, 0.717) is 11.3 Å². The van der Waals surface area contributed by atoms with Crippen LogP contribution in [0.5, 0.6) is 0 Å².